The predicted molar refractivity (Wildman–Crippen MR) is 79.8 cm³/mol. The van der Waals surface area contributed by atoms with Crippen molar-refractivity contribution in [3.63, 3.8) is 0 Å². The zero-order valence-corrected chi connectivity index (χ0v) is 11.2. The summed E-state index contributed by atoms with van der Waals surface area (Å²) < 4.78 is 0. The number of hydrazone groups is 1. The molecule has 0 spiro atoms. The van der Waals surface area contributed by atoms with Gasteiger partial charge in [-0.2, -0.15) is 5.10 Å². The quantitative estimate of drug-likeness (QED) is 0.562. The van der Waals surface area contributed by atoms with E-state index in [9.17, 15) is 4.79 Å². The SMILES string of the molecule is O=C(Cc1nc2ccccc2[nH]1)NN=Cc1cccnc1. The molecule has 6 heteroatoms. The molecule has 0 unspecified atom stereocenters. The molecule has 6 nitrogen and oxygen atoms in total. The molecule has 0 radical (unpaired) electrons. The first-order chi connectivity index (χ1) is 10.3. The fraction of sp³-hybridized carbons (Fsp3) is 0.0667. The van der Waals surface area contributed by atoms with Gasteiger partial charge < -0.3 is 4.98 Å². The predicted octanol–water partition coefficient (Wildman–Crippen LogP) is 1.65. The molecule has 0 saturated heterocycles. The number of hydrogen-bond donors (Lipinski definition) is 2. The molecule has 2 aromatic heterocycles. The highest BCUT2D eigenvalue weighted by Crippen LogP contribution is 2.10. The van der Waals surface area contributed by atoms with Crippen molar-refractivity contribution in [2.75, 3.05) is 0 Å². The second-order valence-corrected chi connectivity index (χ2v) is 4.46. The molecule has 0 aliphatic carbocycles. The molecule has 2 heterocycles. The van der Waals surface area contributed by atoms with E-state index in [2.05, 4.69) is 25.5 Å². The number of carbonyl (C=O) groups excluding carboxylic acids is 1. The number of hydrogen-bond acceptors (Lipinski definition) is 4. The van der Waals surface area contributed by atoms with E-state index in [0.717, 1.165) is 16.6 Å². The van der Waals surface area contributed by atoms with Crippen LogP contribution >= 0.6 is 0 Å². The normalized spacial score (nSPS) is 11.0. The summed E-state index contributed by atoms with van der Waals surface area (Å²) in [6.07, 6.45) is 5.04. The van der Waals surface area contributed by atoms with Crippen molar-refractivity contribution in [3.05, 3.63) is 60.2 Å². The number of fused-ring (bicyclic) bond motifs is 1. The standard InChI is InChI=1S/C15H13N5O/c21-15(20-17-10-11-4-3-7-16-9-11)8-14-18-12-5-1-2-6-13(12)19-14/h1-7,9-10H,8H2,(H,18,19)(H,20,21). The summed E-state index contributed by atoms with van der Waals surface area (Å²) in [7, 11) is 0. The minimum Gasteiger partial charge on any atom is -0.342 e. The molecule has 1 aromatic carbocycles. The van der Waals surface area contributed by atoms with Crippen molar-refractivity contribution in [3.8, 4) is 0 Å². The molecule has 0 bridgehead atoms. The number of H-pyrrole nitrogens is 1. The van der Waals surface area contributed by atoms with Crippen LogP contribution in [0.4, 0.5) is 0 Å². The van der Waals surface area contributed by atoms with Gasteiger partial charge in [0.1, 0.15) is 5.82 Å². The molecule has 0 fully saturated rings. The number of benzene rings is 1. The van der Waals surface area contributed by atoms with Crippen LogP contribution in [0.1, 0.15) is 11.4 Å². The fourth-order valence-corrected chi connectivity index (χ4v) is 1.91. The number of aromatic amines is 1. The Morgan fingerprint density at radius 3 is 3.00 bits per heavy atom. The monoisotopic (exact) mass is 279 g/mol. The maximum absolute atomic E-state index is 11.8. The Morgan fingerprint density at radius 2 is 2.19 bits per heavy atom. The number of aromatic nitrogens is 3. The third kappa shape index (κ3) is 3.30. The second kappa shape index (κ2) is 5.96. The summed E-state index contributed by atoms with van der Waals surface area (Å²) in [4.78, 5) is 23.2. The molecule has 0 saturated carbocycles. The molecule has 0 aliphatic heterocycles. The zero-order valence-electron chi connectivity index (χ0n) is 11.2. The Hall–Kier alpha value is -3.02. The van der Waals surface area contributed by atoms with Crippen molar-refractivity contribution < 1.29 is 4.79 Å². The van der Waals surface area contributed by atoms with Crippen LogP contribution in [-0.4, -0.2) is 27.1 Å². The highest BCUT2D eigenvalue weighted by molar-refractivity contribution is 5.83. The molecular weight excluding hydrogens is 266 g/mol. The Morgan fingerprint density at radius 1 is 1.29 bits per heavy atom. The van der Waals surface area contributed by atoms with E-state index >= 15 is 0 Å². The molecule has 21 heavy (non-hydrogen) atoms. The topological polar surface area (TPSA) is 83.0 Å². The Kier molecular flexibility index (Phi) is 3.68. The van der Waals surface area contributed by atoms with Crippen LogP contribution in [0.2, 0.25) is 0 Å². The molecule has 0 atom stereocenters. The summed E-state index contributed by atoms with van der Waals surface area (Å²) in [5, 5.41) is 3.89. The van der Waals surface area contributed by atoms with E-state index in [1.54, 1.807) is 24.7 Å². The van der Waals surface area contributed by atoms with Gasteiger partial charge in [-0.05, 0) is 18.2 Å². The van der Waals surface area contributed by atoms with Gasteiger partial charge in [-0.1, -0.05) is 18.2 Å². The van der Waals surface area contributed by atoms with Gasteiger partial charge in [0.25, 0.3) is 0 Å². The minimum absolute atomic E-state index is 0.152. The number of rotatable bonds is 4. The van der Waals surface area contributed by atoms with Crippen LogP contribution in [0.5, 0.6) is 0 Å². The summed E-state index contributed by atoms with van der Waals surface area (Å²) in [5.41, 5.74) is 5.05. The lowest BCUT2D eigenvalue weighted by Gasteiger charge is -1.96. The van der Waals surface area contributed by atoms with Gasteiger partial charge in [0, 0.05) is 18.0 Å². The van der Waals surface area contributed by atoms with Gasteiger partial charge in [-0.25, -0.2) is 10.4 Å². The number of nitrogens with zero attached hydrogens (tertiary/aromatic N) is 3. The summed E-state index contributed by atoms with van der Waals surface area (Å²) in [5.74, 6) is 0.388. The van der Waals surface area contributed by atoms with E-state index in [-0.39, 0.29) is 12.3 Å². The maximum Gasteiger partial charge on any atom is 0.247 e. The van der Waals surface area contributed by atoms with E-state index in [4.69, 9.17) is 0 Å². The Balaban J connectivity index is 1.60. The van der Waals surface area contributed by atoms with Gasteiger partial charge in [0.2, 0.25) is 5.91 Å². The van der Waals surface area contributed by atoms with Crippen LogP contribution in [0.3, 0.4) is 0 Å². The van der Waals surface area contributed by atoms with Gasteiger partial charge in [-0.15, -0.1) is 0 Å². The number of amides is 1. The van der Waals surface area contributed by atoms with Gasteiger partial charge in [0.15, 0.2) is 0 Å². The smallest absolute Gasteiger partial charge is 0.247 e. The van der Waals surface area contributed by atoms with Crippen molar-refractivity contribution in [1.82, 2.24) is 20.4 Å². The number of imidazole rings is 1. The van der Waals surface area contributed by atoms with Crippen LogP contribution in [0, 0.1) is 0 Å². The average Bonchev–Trinajstić information content (AvgIpc) is 2.90. The fourth-order valence-electron chi connectivity index (χ4n) is 1.91. The number of nitrogens with one attached hydrogen (secondary N) is 2. The Bertz CT molecular complexity index is 746. The second-order valence-electron chi connectivity index (χ2n) is 4.46. The summed E-state index contributed by atoms with van der Waals surface area (Å²) >= 11 is 0. The van der Waals surface area contributed by atoms with Crippen molar-refractivity contribution >= 4 is 23.2 Å². The van der Waals surface area contributed by atoms with Gasteiger partial charge in [0.05, 0.1) is 23.7 Å². The molecule has 1 amide bonds. The number of para-hydroxylation sites is 2. The molecule has 2 N–H and O–H groups in total. The van der Waals surface area contributed by atoms with Crippen LogP contribution in [0.25, 0.3) is 11.0 Å². The molecule has 0 aliphatic rings. The van der Waals surface area contributed by atoms with Gasteiger partial charge in [-0.3, -0.25) is 9.78 Å². The lowest BCUT2D eigenvalue weighted by atomic mass is 10.3. The van der Waals surface area contributed by atoms with Crippen LogP contribution in [-0.2, 0) is 11.2 Å². The lowest BCUT2D eigenvalue weighted by molar-refractivity contribution is -0.120. The minimum atomic E-state index is -0.228. The van der Waals surface area contributed by atoms with E-state index in [0.29, 0.717) is 5.82 Å². The largest absolute Gasteiger partial charge is 0.342 e. The first-order valence-electron chi connectivity index (χ1n) is 6.47. The summed E-state index contributed by atoms with van der Waals surface area (Å²) in [6.45, 7) is 0. The first kappa shape index (κ1) is 13.0. The molecule has 104 valence electrons. The number of pyridine rings is 1. The van der Waals surface area contributed by atoms with E-state index in [1.807, 2.05) is 30.3 Å². The van der Waals surface area contributed by atoms with E-state index in [1.165, 1.54) is 0 Å². The molecular formula is C15H13N5O. The van der Waals surface area contributed by atoms with Crippen molar-refractivity contribution in [2.24, 2.45) is 5.10 Å². The highest BCUT2D eigenvalue weighted by atomic mass is 16.2. The Labute approximate surface area is 120 Å². The highest BCUT2D eigenvalue weighted by Gasteiger charge is 2.06. The first-order valence-corrected chi connectivity index (χ1v) is 6.47. The van der Waals surface area contributed by atoms with Crippen molar-refractivity contribution in [1.29, 1.82) is 0 Å². The third-order valence-electron chi connectivity index (χ3n) is 2.85. The zero-order chi connectivity index (χ0) is 14.5. The van der Waals surface area contributed by atoms with Crippen LogP contribution in [0.15, 0.2) is 53.9 Å². The lowest BCUT2D eigenvalue weighted by Crippen LogP contribution is -2.20. The average molecular weight is 279 g/mol. The van der Waals surface area contributed by atoms with Crippen LogP contribution < -0.4 is 5.43 Å². The summed E-state index contributed by atoms with van der Waals surface area (Å²) in [6, 6.07) is 11.3. The molecule has 3 aromatic rings. The number of carbonyl (C=O) groups is 1. The van der Waals surface area contributed by atoms with Crippen molar-refractivity contribution in [2.45, 2.75) is 6.42 Å². The maximum atomic E-state index is 11.8. The third-order valence-corrected chi connectivity index (χ3v) is 2.85. The molecule has 3 rings (SSSR count). The van der Waals surface area contributed by atoms with E-state index < -0.39 is 0 Å². The van der Waals surface area contributed by atoms with Gasteiger partial charge >= 0.3 is 0 Å².